The first-order chi connectivity index (χ1) is 10.0. The maximum atomic E-state index is 12.6. The van der Waals surface area contributed by atoms with Crippen molar-refractivity contribution in [3.63, 3.8) is 0 Å². The number of hydrogen-bond acceptors (Lipinski definition) is 3. The Bertz CT molecular complexity index is 431. The SMILES string of the molecule is CCCNCC1CCCCN1c1ccc(C(F)(F)F)cn1. The minimum Gasteiger partial charge on any atom is -0.352 e. The Morgan fingerprint density at radius 3 is 2.76 bits per heavy atom. The number of hydrogen-bond donors (Lipinski definition) is 1. The zero-order valence-corrected chi connectivity index (χ0v) is 12.3. The van der Waals surface area contributed by atoms with Gasteiger partial charge in [0.05, 0.1) is 5.56 Å². The van der Waals surface area contributed by atoms with Gasteiger partial charge in [-0.3, -0.25) is 0 Å². The normalized spacial score (nSPS) is 19.8. The van der Waals surface area contributed by atoms with Gasteiger partial charge >= 0.3 is 6.18 Å². The number of alkyl halides is 3. The summed E-state index contributed by atoms with van der Waals surface area (Å²) in [6.45, 7) is 4.79. The van der Waals surface area contributed by atoms with E-state index in [0.29, 0.717) is 11.9 Å². The lowest BCUT2D eigenvalue weighted by Gasteiger charge is -2.37. The second-order valence-electron chi connectivity index (χ2n) is 5.45. The third kappa shape index (κ3) is 4.33. The third-order valence-corrected chi connectivity index (χ3v) is 3.80. The van der Waals surface area contributed by atoms with Gasteiger partial charge in [0.1, 0.15) is 5.82 Å². The fourth-order valence-electron chi connectivity index (χ4n) is 2.68. The van der Waals surface area contributed by atoms with E-state index < -0.39 is 11.7 Å². The average molecular weight is 301 g/mol. The predicted molar refractivity (Wildman–Crippen MR) is 77.4 cm³/mol. The standard InChI is InChI=1S/C15H22F3N3/c1-2-8-19-11-13-5-3-4-9-21(13)14-7-6-12(10-20-14)15(16,17)18/h6-7,10,13,19H,2-5,8-9,11H2,1H3. The number of rotatable bonds is 5. The van der Waals surface area contributed by atoms with E-state index in [4.69, 9.17) is 0 Å². The van der Waals surface area contributed by atoms with E-state index in [0.717, 1.165) is 57.6 Å². The number of aromatic nitrogens is 1. The summed E-state index contributed by atoms with van der Waals surface area (Å²) in [6.07, 6.45) is 0.962. The first-order valence-electron chi connectivity index (χ1n) is 7.53. The molecule has 3 nitrogen and oxygen atoms in total. The molecule has 0 spiro atoms. The average Bonchev–Trinajstić information content (AvgIpc) is 2.47. The topological polar surface area (TPSA) is 28.2 Å². The Hall–Kier alpha value is -1.30. The fraction of sp³-hybridized carbons (Fsp3) is 0.667. The van der Waals surface area contributed by atoms with Gasteiger partial charge in [0, 0.05) is 25.3 Å². The Morgan fingerprint density at radius 1 is 1.33 bits per heavy atom. The summed E-state index contributed by atoms with van der Waals surface area (Å²) in [7, 11) is 0. The molecule has 1 N–H and O–H groups in total. The van der Waals surface area contributed by atoms with Crippen LogP contribution in [0, 0.1) is 0 Å². The number of nitrogens with zero attached hydrogens (tertiary/aromatic N) is 2. The highest BCUT2D eigenvalue weighted by Crippen LogP contribution is 2.30. The molecule has 21 heavy (non-hydrogen) atoms. The van der Waals surface area contributed by atoms with Crippen LogP contribution < -0.4 is 10.2 Å². The van der Waals surface area contributed by atoms with Crippen LogP contribution in [0.1, 0.15) is 38.2 Å². The molecule has 2 heterocycles. The molecule has 0 bridgehead atoms. The molecule has 2 rings (SSSR count). The van der Waals surface area contributed by atoms with E-state index in [-0.39, 0.29) is 0 Å². The second-order valence-corrected chi connectivity index (χ2v) is 5.45. The summed E-state index contributed by atoms with van der Waals surface area (Å²) in [5.74, 6) is 0.644. The maximum Gasteiger partial charge on any atom is 0.417 e. The minimum atomic E-state index is -4.32. The molecule has 1 unspecified atom stereocenters. The fourth-order valence-corrected chi connectivity index (χ4v) is 2.68. The van der Waals surface area contributed by atoms with Crippen LogP contribution in [0.3, 0.4) is 0 Å². The number of anilines is 1. The summed E-state index contributed by atoms with van der Waals surface area (Å²) >= 11 is 0. The van der Waals surface area contributed by atoms with Gasteiger partial charge in [0.25, 0.3) is 0 Å². The van der Waals surface area contributed by atoms with Gasteiger partial charge in [-0.15, -0.1) is 0 Å². The van der Waals surface area contributed by atoms with Gasteiger partial charge in [-0.25, -0.2) is 4.98 Å². The van der Waals surface area contributed by atoms with Crippen LogP contribution in [-0.4, -0.2) is 30.7 Å². The van der Waals surface area contributed by atoms with Crippen LogP contribution in [0.15, 0.2) is 18.3 Å². The van der Waals surface area contributed by atoms with Gasteiger partial charge in [0.15, 0.2) is 0 Å². The van der Waals surface area contributed by atoms with E-state index >= 15 is 0 Å². The maximum absolute atomic E-state index is 12.6. The summed E-state index contributed by atoms with van der Waals surface area (Å²) in [4.78, 5) is 6.16. The summed E-state index contributed by atoms with van der Waals surface area (Å²) in [5.41, 5.74) is -0.691. The lowest BCUT2D eigenvalue weighted by Crippen LogP contribution is -2.46. The van der Waals surface area contributed by atoms with Crippen LogP contribution in [0.5, 0.6) is 0 Å². The molecule has 0 saturated carbocycles. The summed E-state index contributed by atoms with van der Waals surface area (Å²) in [5, 5.41) is 3.39. The Kier molecular flexibility index (Phi) is 5.45. The third-order valence-electron chi connectivity index (χ3n) is 3.80. The van der Waals surface area contributed by atoms with Crippen LogP contribution in [-0.2, 0) is 6.18 Å². The smallest absolute Gasteiger partial charge is 0.352 e. The minimum absolute atomic E-state index is 0.314. The Balaban J connectivity index is 2.06. The molecule has 1 atom stereocenters. The van der Waals surface area contributed by atoms with E-state index in [2.05, 4.69) is 22.1 Å². The molecule has 1 aromatic heterocycles. The molecule has 0 aliphatic carbocycles. The van der Waals surface area contributed by atoms with Crippen molar-refractivity contribution in [1.29, 1.82) is 0 Å². The molecular weight excluding hydrogens is 279 g/mol. The monoisotopic (exact) mass is 301 g/mol. The molecule has 0 amide bonds. The van der Waals surface area contributed by atoms with Gasteiger partial charge in [0.2, 0.25) is 0 Å². The highest BCUT2D eigenvalue weighted by molar-refractivity contribution is 5.41. The molecule has 1 aliphatic rings. The second kappa shape index (κ2) is 7.11. The molecule has 6 heteroatoms. The first kappa shape index (κ1) is 16.1. The van der Waals surface area contributed by atoms with Crippen molar-refractivity contribution in [3.8, 4) is 0 Å². The van der Waals surface area contributed by atoms with Crippen molar-refractivity contribution in [1.82, 2.24) is 10.3 Å². The molecule has 1 aliphatic heterocycles. The van der Waals surface area contributed by atoms with Gasteiger partial charge < -0.3 is 10.2 Å². The molecule has 1 aromatic rings. The van der Waals surface area contributed by atoms with Crippen molar-refractivity contribution in [2.24, 2.45) is 0 Å². The Morgan fingerprint density at radius 2 is 2.14 bits per heavy atom. The Labute approximate surface area is 123 Å². The zero-order valence-electron chi connectivity index (χ0n) is 12.3. The van der Waals surface area contributed by atoms with Crippen molar-refractivity contribution in [3.05, 3.63) is 23.9 Å². The molecule has 118 valence electrons. The van der Waals surface area contributed by atoms with Crippen molar-refractivity contribution in [2.75, 3.05) is 24.5 Å². The zero-order chi connectivity index (χ0) is 15.3. The molecular formula is C15H22F3N3. The summed E-state index contributed by atoms with van der Waals surface area (Å²) < 4.78 is 37.7. The molecule has 0 radical (unpaired) electrons. The van der Waals surface area contributed by atoms with Crippen LogP contribution in [0.25, 0.3) is 0 Å². The van der Waals surface area contributed by atoms with Gasteiger partial charge in [-0.1, -0.05) is 6.92 Å². The predicted octanol–water partition coefficient (Wildman–Crippen LogP) is 3.46. The summed E-state index contributed by atoms with van der Waals surface area (Å²) in [6, 6.07) is 2.92. The van der Waals surface area contributed by atoms with E-state index in [9.17, 15) is 13.2 Å². The lowest BCUT2D eigenvalue weighted by molar-refractivity contribution is -0.137. The van der Waals surface area contributed by atoms with E-state index in [1.54, 1.807) is 0 Å². The van der Waals surface area contributed by atoms with Crippen LogP contribution in [0.4, 0.5) is 19.0 Å². The van der Waals surface area contributed by atoms with E-state index in [1.807, 2.05) is 0 Å². The lowest BCUT2D eigenvalue weighted by atomic mass is 10.0. The number of piperidine rings is 1. The van der Waals surface area contributed by atoms with Crippen LogP contribution in [0.2, 0.25) is 0 Å². The van der Waals surface area contributed by atoms with E-state index in [1.165, 1.54) is 6.07 Å². The van der Waals surface area contributed by atoms with Crippen LogP contribution >= 0.6 is 0 Å². The first-order valence-corrected chi connectivity index (χ1v) is 7.53. The van der Waals surface area contributed by atoms with Crippen molar-refractivity contribution < 1.29 is 13.2 Å². The molecule has 0 aromatic carbocycles. The number of halogens is 3. The van der Waals surface area contributed by atoms with Crippen molar-refractivity contribution >= 4 is 5.82 Å². The highest BCUT2D eigenvalue weighted by Gasteiger charge is 2.31. The van der Waals surface area contributed by atoms with Gasteiger partial charge in [-0.2, -0.15) is 13.2 Å². The number of nitrogens with one attached hydrogen (secondary N) is 1. The van der Waals surface area contributed by atoms with Crippen molar-refractivity contribution in [2.45, 2.75) is 44.8 Å². The quantitative estimate of drug-likeness (QED) is 0.844. The number of pyridine rings is 1. The highest BCUT2D eigenvalue weighted by atomic mass is 19.4. The molecule has 1 fully saturated rings. The largest absolute Gasteiger partial charge is 0.417 e. The van der Waals surface area contributed by atoms with Gasteiger partial charge in [-0.05, 0) is 44.4 Å². The molecule has 1 saturated heterocycles.